The Morgan fingerprint density at radius 1 is 0.815 bits per heavy atom. The van der Waals surface area contributed by atoms with Gasteiger partial charge in [0, 0.05) is 12.0 Å². The number of sulfonamides is 1. The van der Waals surface area contributed by atoms with E-state index in [4.69, 9.17) is 0 Å². The molecule has 0 saturated heterocycles. The molecule has 3 N–H and O–H groups in total. The zero-order valence-corrected chi connectivity index (χ0v) is 15.4. The van der Waals surface area contributed by atoms with Crippen molar-refractivity contribution in [1.29, 1.82) is 0 Å². The zero-order valence-electron chi connectivity index (χ0n) is 14.6. The van der Waals surface area contributed by atoms with E-state index >= 15 is 0 Å². The smallest absolute Gasteiger partial charge is 0.239 e. The third-order valence-electron chi connectivity index (χ3n) is 3.45. The largest absolute Gasteiger partial charge is 0.350 e. The molecule has 0 aliphatic rings. The number of benzene rings is 2. The van der Waals surface area contributed by atoms with Gasteiger partial charge in [-0.3, -0.25) is 9.59 Å². The predicted octanol–water partition coefficient (Wildman–Crippen LogP) is 1.01. The summed E-state index contributed by atoms with van der Waals surface area (Å²) in [5.41, 5.74) is 1.66. The number of hydrogen-bond acceptors (Lipinski definition) is 4. The van der Waals surface area contributed by atoms with Gasteiger partial charge in [-0.25, -0.2) is 13.1 Å². The van der Waals surface area contributed by atoms with Crippen LogP contribution in [0, 0.1) is 0 Å². The molecule has 2 amide bonds. The molecule has 0 radical (unpaired) electrons. The van der Waals surface area contributed by atoms with Crippen LogP contribution < -0.4 is 15.4 Å². The van der Waals surface area contributed by atoms with Crippen molar-refractivity contribution in [1.82, 2.24) is 15.4 Å². The van der Waals surface area contributed by atoms with Gasteiger partial charge in [0.2, 0.25) is 21.8 Å². The number of carbonyl (C=O) groups is 2. The summed E-state index contributed by atoms with van der Waals surface area (Å²) in [6.45, 7) is -0.326. The van der Waals surface area contributed by atoms with Crippen molar-refractivity contribution in [3.05, 3.63) is 77.2 Å². The van der Waals surface area contributed by atoms with Crippen LogP contribution in [0.25, 0.3) is 6.08 Å². The minimum Gasteiger partial charge on any atom is -0.350 e. The molecule has 0 saturated carbocycles. The molecule has 2 aromatic carbocycles. The average molecular weight is 387 g/mol. The van der Waals surface area contributed by atoms with E-state index in [9.17, 15) is 18.0 Å². The van der Waals surface area contributed by atoms with E-state index in [-0.39, 0.29) is 12.5 Å². The number of rotatable bonds is 9. The molecule has 0 fully saturated rings. The van der Waals surface area contributed by atoms with Gasteiger partial charge in [-0.1, -0.05) is 60.7 Å². The fourth-order valence-electron chi connectivity index (χ4n) is 2.05. The van der Waals surface area contributed by atoms with Crippen LogP contribution in [0.2, 0.25) is 0 Å². The Morgan fingerprint density at radius 3 is 2.07 bits per heavy atom. The van der Waals surface area contributed by atoms with Gasteiger partial charge in [0.25, 0.3) is 0 Å². The van der Waals surface area contributed by atoms with Crippen molar-refractivity contribution in [3.8, 4) is 0 Å². The highest BCUT2D eigenvalue weighted by Crippen LogP contribution is 2.02. The number of amides is 2. The van der Waals surface area contributed by atoms with Crippen molar-refractivity contribution in [2.75, 3.05) is 13.1 Å². The second-order valence-corrected chi connectivity index (χ2v) is 7.27. The van der Waals surface area contributed by atoms with Crippen LogP contribution in [-0.4, -0.2) is 33.3 Å². The van der Waals surface area contributed by atoms with E-state index in [2.05, 4.69) is 15.4 Å². The standard InChI is InChI=1S/C19H21N3O4S/c23-18(20-13-17-9-5-2-6-10-17)14-21-19(24)15-22-27(25,26)12-11-16-7-3-1-4-8-16/h1-12,22H,13-15H2,(H,20,23)(H,21,24)/b12-11+. The summed E-state index contributed by atoms with van der Waals surface area (Å²) in [6, 6.07) is 18.3. The average Bonchev–Trinajstić information content (AvgIpc) is 2.69. The Morgan fingerprint density at radius 2 is 1.41 bits per heavy atom. The third-order valence-corrected chi connectivity index (χ3v) is 4.49. The summed E-state index contributed by atoms with van der Waals surface area (Å²) in [5.74, 6) is -0.958. The maximum Gasteiger partial charge on any atom is 0.239 e. The normalized spacial score (nSPS) is 11.3. The van der Waals surface area contributed by atoms with E-state index in [0.29, 0.717) is 6.54 Å². The van der Waals surface area contributed by atoms with Gasteiger partial charge in [0.05, 0.1) is 13.1 Å². The molecule has 0 unspecified atom stereocenters. The maximum absolute atomic E-state index is 11.8. The Labute approximate surface area is 158 Å². The highest BCUT2D eigenvalue weighted by Gasteiger charge is 2.10. The second-order valence-electron chi connectivity index (χ2n) is 5.62. The number of carbonyl (C=O) groups excluding carboxylic acids is 2. The molecule has 0 atom stereocenters. The van der Waals surface area contributed by atoms with Gasteiger partial charge in [0.15, 0.2) is 0 Å². The van der Waals surface area contributed by atoms with Crippen molar-refractivity contribution in [3.63, 3.8) is 0 Å². The van der Waals surface area contributed by atoms with Crippen molar-refractivity contribution in [2.24, 2.45) is 0 Å². The molecule has 0 aliphatic heterocycles. The summed E-state index contributed by atoms with van der Waals surface area (Å²) >= 11 is 0. The van der Waals surface area contributed by atoms with E-state index in [1.165, 1.54) is 6.08 Å². The minimum absolute atomic E-state index is 0.229. The molecular formula is C19H21N3O4S. The summed E-state index contributed by atoms with van der Waals surface area (Å²) in [6.07, 6.45) is 1.43. The third kappa shape index (κ3) is 8.30. The van der Waals surface area contributed by atoms with E-state index in [0.717, 1.165) is 16.5 Å². The SMILES string of the molecule is O=C(CNC(=O)CNS(=O)(=O)/C=C/c1ccccc1)NCc1ccccc1. The molecule has 0 spiro atoms. The van der Waals surface area contributed by atoms with Crippen LogP contribution >= 0.6 is 0 Å². The van der Waals surface area contributed by atoms with Gasteiger partial charge in [-0.2, -0.15) is 0 Å². The van der Waals surface area contributed by atoms with Crippen LogP contribution in [0.5, 0.6) is 0 Å². The molecule has 0 aromatic heterocycles. The monoisotopic (exact) mass is 387 g/mol. The highest BCUT2D eigenvalue weighted by atomic mass is 32.2. The Balaban J connectivity index is 1.69. The lowest BCUT2D eigenvalue weighted by Gasteiger charge is -2.07. The first kappa shape index (κ1) is 20.3. The highest BCUT2D eigenvalue weighted by molar-refractivity contribution is 7.92. The van der Waals surface area contributed by atoms with E-state index in [1.54, 1.807) is 24.3 Å². The molecule has 0 aliphatic carbocycles. The molecule has 0 bridgehead atoms. The van der Waals surface area contributed by atoms with Gasteiger partial charge in [0.1, 0.15) is 0 Å². The topological polar surface area (TPSA) is 104 Å². The quantitative estimate of drug-likeness (QED) is 0.597. The molecule has 2 rings (SSSR count). The number of hydrogen-bond donors (Lipinski definition) is 3. The lowest BCUT2D eigenvalue weighted by molar-refractivity contribution is -0.125. The van der Waals surface area contributed by atoms with Gasteiger partial charge < -0.3 is 10.6 Å². The summed E-state index contributed by atoms with van der Waals surface area (Å²) in [4.78, 5) is 23.4. The predicted molar refractivity (Wildman–Crippen MR) is 104 cm³/mol. The lowest BCUT2D eigenvalue weighted by atomic mass is 10.2. The second kappa shape index (κ2) is 10.2. The van der Waals surface area contributed by atoms with Gasteiger partial charge >= 0.3 is 0 Å². The fourth-order valence-corrected chi connectivity index (χ4v) is 2.81. The Bertz CT molecular complexity index is 882. The Hall–Kier alpha value is -2.97. The lowest BCUT2D eigenvalue weighted by Crippen LogP contribution is -2.41. The zero-order chi connectivity index (χ0) is 19.5. The van der Waals surface area contributed by atoms with Crippen LogP contribution in [0.4, 0.5) is 0 Å². The molecular weight excluding hydrogens is 366 g/mol. The minimum atomic E-state index is -3.75. The van der Waals surface area contributed by atoms with Crippen LogP contribution in [0.15, 0.2) is 66.1 Å². The Kier molecular flexibility index (Phi) is 7.72. The fraction of sp³-hybridized carbons (Fsp3) is 0.158. The molecule has 0 heterocycles. The molecule has 27 heavy (non-hydrogen) atoms. The first-order chi connectivity index (χ1) is 12.9. The first-order valence-corrected chi connectivity index (χ1v) is 9.79. The molecule has 142 valence electrons. The van der Waals surface area contributed by atoms with Gasteiger partial charge in [-0.15, -0.1) is 0 Å². The summed E-state index contributed by atoms with van der Waals surface area (Å²) in [7, 11) is -3.75. The first-order valence-electron chi connectivity index (χ1n) is 8.25. The van der Waals surface area contributed by atoms with Crippen molar-refractivity contribution < 1.29 is 18.0 Å². The number of nitrogens with one attached hydrogen (secondary N) is 3. The van der Waals surface area contributed by atoms with Crippen LogP contribution in [0.3, 0.4) is 0 Å². The van der Waals surface area contributed by atoms with E-state index in [1.807, 2.05) is 36.4 Å². The molecule has 2 aromatic rings. The summed E-state index contributed by atoms with van der Waals surface area (Å²) in [5, 5.41) is 6.01. The van der Waals surface area contributed by atoms with E-state index < -0.39 is 22.5 Å². The van der Waals surface area contributed by atoms with Crippen molar-refractivity contribution >= 4 is 27.9 Å². The molecule has 8 heteroatoms. The maximum atomic E-state index is 11.8. The van der Waals surface area contributed by atoms with Crippen molar-refractivity contribution in [2.45, 2.75) is 6.54 Å². The van der Waals surface area contributed by atoms with Crippen LogP contribution in [0.1, 0.15) is 11.1 Å². The molecule has 7 nitrogen and oxygen atoms in total. The summed E-state index contributed by atoms with van der Waals surface area (Å²) < 4.78 is 25.8. The van der Waals surface area contributed by atoms with Gasteiger partial charge in [-0.05, 0) is 17.2 Å². The van der Waals surface area contributed by atoms with Crippen LogP contribution in [-0.2, 0) is 26.2 Å².